The van der Waals surface area contributed by atoms with Crippen LogP contribution < -0.4 is 5.73 Å². The van der Waals surface area contributed by atoms with E-state index in [2.05, 4.69) is 18.7 Å². The van der Waals surface area contributed by atoms with E-state index in [1.54, 1.807) is 10.4 Å². The number of hydrogen-bond donors (Lipinski definition) is 1. The molecule has 0 amide bonds. The lowest BCUT2D eigenvalue weighted by molar-refractivity contribution is 0.136. The average Bonchev–Trinajstić information content (AvgIpc) is 2.80. The number of nitrogens with zero attached hydrogens (tertiary/aromatic N) is 2. The first kappa shape index (κ1) is 15.9. The Morgan fingerprint density at radius 3 is 2.65 bits per heavy atom. The SMILES string of the molecule is CCN1CCN(S(=O)(=O)c2cc(C)c(CN)s2)CC1C. The largest absolute Gasteiger partial charge is 0.326 e. The highest BCUT2D eigenvalue weighted by atomic mass is 32.2. The summed E-state index contributed by atoms with van der Waals surface area (Å²) in [6.07, 6.45) is 0. The van der Waals surface area contributed by atoms with E-state index in [-0.39, 0.29) is 6.04 Å². The van der Waals surface area contributed by atoms with Crippen LogP contribution in [0.2, 0.25) is 0 Å². The van der Waals surface area contributed by atoms with Crippen LogP contribution in [0, 0.1) is 6.92 Å². The molecule has 2 rings (SSSR count). The van der Waals surface area contributed by atoms with Crippen molar-refractivity contribution in [2.24, 2.45) is 5.73 Å². The second-order valence-electron chi connectivity index (χ2n) is 5.22. The number of sulfonamides is 1. The molecule has 1 atom stereocenters. The smallest absolute Gasteiger partial charge is 0.252 e. The van der Waals surface area contributed by atoms with Crippen molar-refractivity contribution in [2.75, 3.05) is 26.2 Å². The second kappa shape index (κ2) is 6.11. The second-order valence-corrected chi connectivity index (χ2v) is 8.52. The third-order valence-electron chi connectivity index (χ3n) is 3.91. The van der Waals surface area contributed by atoms with Gasteiger partial charge in [0, 0.05) is 37.1 Å². The molecule has 1 unspecified atom stereocenters. The summed E-state index contributed by atoms with van der Waals surface area (Å²) >= 11 is 1.30. The van der Waals surface area contributed by atoms with E-state index in [9.17, 15) is 8.42 Å². The Morgan fingerprint density at radius 2 is 2.15 bits per heavy atom. The van der Waals surface area contributed by atoms with Crippen molar-refractivity contribution in [2.45, 2.75) is 37.6 Å². The molecule has 1 aliphatic rings. The fourth-order valence-electron chi connectivity index (χ4n) is 2.60. The molecule has 7 heteroatoms. The average molecular weight is 317 g/mol. The van der Waals surface area contributed by atoms with Crippen LogP contribution in [-0.2, 0) is 16.6 Å². The molecule has 1 fully saturated rings. The number of rotatable bonds is 4. The Kier molecular flexibility index (Phi) is 4.86. The van der Waals surface area contributed by atoms with Gasteiger partial charge in [0.1, 0.15) is 4.21 Å². The molecular formula is C13H23N3O2S2. The molecule has 20 heavy (non-hydrogen) atoms. The zero-order valence-electron chi connectivity index (χ0n) is 12.3. The van der Waals surface area contributed by atoms with Crippen LogP contribution >= 0.6 is 11.3 Å². The molecule has 1 aliphatic heterocycles. The van der Waals surface area contributed by atoms with Gasteiger partial charge in [-0.15, -0.1) is 11.3 Å². The van der Waals surface area contributed by atoms with Gasteiger partial charge >= 0.3 is 0 Å². The highest BCUT2D eigenvalue weighted by Gasteiger charge is 2.32. The van der Waals surface area contributed by atoms with Crippen LogP contribution in [0.5, 0.6) is 0 Å². The van der Waals surface area contributed by atoms with Crippen molar-refractivity contribution >= 4 is 21.4 Å². The third kappa shape index (κ3) is 2.92. The van der Waals surface area contributed by atoms with Crippen LogP contribution in [-0.4, -0.2) is 49.8 Å². The van der Waals surface area contributed by atoms with Crippen molar-refractivity contribution in [3.8, 4) is 0 Å². The Balaban J connectivity index is 2.22. The summed E-state index contributed by atoms with van der Waals surface area (Å²) in [5, 5.41) is 0. The highest BCUT2D eigenvalue weighted by Crippen LogP contribution is 2.29. The Hall–Kier alpha value is -0.470. The fraction of sp³-hybridized carbons (Fsp3) is 0.692. The number of likely N-dealkylation sites (N-methyl/N-ethyl adjacent to an activating group) is 1. The molecule has 0 radical (unpaired) electrons. The lowest BCUT2D eigenvalue weighted by atomic mass is 10.2. The molecule has 114 valence electrons. The number of aryl methyl sites for hydroxylation is 1. The first-order valence-corrected chi connectivity index (χ1v) is 9.19. The van der Waals surface area contributed by atoms with Crippen LogP contribution in [0.25, 0.3) is 0 Å². The minimum atomic E-state index is -3.37. The molecule has 0 aromatic carbocycles. The van der Waals surface area contributed by atoms with Crippen LogP contribution in [0.3, 0.4) is 0 Å². The van der Waals surface area contributed by atoms with Crippen molar-refractivity contribution in [3.63, 3.8) is 0 Å². The molecule has 0 spiro atoms. The van der Waals surface area contributed by atoms with Gasteiger partial charge in [0.2, 0.25) is 0 Å². The first-order chi connectivity index (χ1) is 9.40. The molecule has 1 saturated heterocycles. The van der Waals surface area contributed by atoms with Crippen molar-refractivity contribution in [1.29, 1.82) is 0 Å². The molecule has 0 bridgehead atoms. The molecule has 1 aromatic heterocycles. The van der Waals surface area contributed by atoms with Gasteiger partial charge in [-0.3, -0.25) is 4.90 Å². The minimum Gasteiger partial charge on any atom is -0.326 e. The van der Waals surface area contributed by atoms with Crippen molar-refractivity contribution < 1.29 is 8.42 Å². The predicted octanol–water partition coefficient (Wildman–Crippen LogP) is 1.23. The van der Waals surface area contributed by atoms with E-state index in [1.807, 2.05) is 6.92 Å². The number of hydrogen-bond acceptors (Lipinski definition) is 5. The summed E-state index contributed by atoms with van der Waals surface area (Å²) in [4.78, 5) is 3.25. The van der Waals surface area contributed by atoms with Gasteiger partial charge in [0.05, 0.1) is 0 Å². The highest BCUT2D eigenvalue weighted by molar-refractivity contribution is 7.91. The lowest BCUT2D eigenvalue weighted by Crippen LogP contribution is -2.53. The zero-order valence-corrected chi connectivity index (χ0v) is 13.9. The quantitative estimate of drug-likeness (QED) is 0.907. The van der Waals surface area contributed by atoms with E-state index in [1.165, 1.54) is 11.3 Å². The fourth-order valence-corrected chi connectivity index (χ4v) is 5.73. The van der Waals surface area contributed by atoms with Crippen molar-refractivity contribution in [1.82, 2.24) is 9.21 Å². The Morgan fingerprint density at radius 1 is 1.45 bits per heavy atom. The summed E-state index contributed by atoms with van der Waals surface area (Å²) in [6, 6.07) is 2.01. The third-order valence-corrected chi connectivity index (χ3v) is 7.49. The summed E-state index contributed by atoms with van der Waals surface area (Å²) in [5.74, 6) is 0. The molecule has 5 nitrogen and oxygen atoms in total. The van der Waals surface area contributed by atoms with Gasteiger partial charge in [-0.1, -0.05) is 6.92 Å². The van der Waals surface area contributed by atoms with Crippen molar-refractivity contribution in [3.05, 3.63) is 16.5 Å². The van der Waals surface area contributed by atoms with E-state index >= 15 is 0 Å². The molecule has 2 heterocycles. The van der Waals surface area contributed by atoms with E-state index < -0.39 is 10.0 Å². The van der Waals surface area contributed by atoms with Gasteiger partial charge in [0.15, 0.2) is 0 Å². The van der Waals surface area contributed by atoms with Crippen LogP contribution in [0.15, 0.2) is 10.3 Å². The first-order valence-electron chi connectivity index (χ1n) is 6.93. The Bertz CT molecular complexity index is 568. The van der Waals surface area contributed by atoms with E-state index in [0.717, 1.165) is 23.5 Å². The molecule has 1 aromatic rings. The standard InChI is InChI=1S/C13H23N3O2S2/c1-4-15-5-6-16(9-11(15)3)20(17,18)13-7-10(2)12(8-14)19-13/h7,11H,4-6,8-9,14H2,1-3H3. The predicted molar refractivity (Wildman–Crippen MR) is 82.4 cm³/mol. The summed E-state index contributed by atoms with van der Waals surface area (Å²) in [6.45, 7) is 9.38. The van der Waals surface area contributed by atoms with Crippen LogP contribution in [0.1, 0.15) is 24.3 Å². The molecule has 0 saturated carbocycles. The lowest BCUT2D eigenvalue weighted by Gasteiger charge is -2.38. The summed E-state index contributed by atoms with van der Waals surface area (Å²) < 4.78 is 27.4. The monoisotopic (exact) mass is 317 g/mol. The summed E-state index contributed by atoms with van der Waals surface area (Å²) in [7, 11) is -3.37. The molecule has 0 aliphatic carbocycles. The number of nitrogens with two attached hydrogens (primary N) is 1. The van der Waals surface area contributed by atoms with E-state index in [4.69, 9.17) is 5.73 Å². The zero-order chi connectivity index (χ0) is 14.9. The maximum Gasteiger partial charge on any atom is 0.252 e. The molecule has 2 N–H and O–H groups in total. The van der Waals surface area contributed by atoms with E-state index in [0.29, 0.717) is 23.8 Å². The van der Waals surface area contributed by atoms with Gasteiger partial charge in [-0.2, -0.15) is 4.31 Å². The normalized spacial score (nSPS) is 22.3. The maximum atomic E-state index is 12.7. The summed E-state index contributed by atoms with van der Waals surface area (Å²) in [5.41, 5.74) is 6.61. The van der Waals surface area contributed by atoms with Gasteiger partial charge < -0.3 is 5.73 Å². The maximum absolute atomic E-state index is 12.7. The topological polar surface area (TPSA) is 66.6 Å². The van der Waals surface area contributed by atoms with Gasteiger partial charge in [-0.25, -0.2) is 8.42 Å². The minimum absolute atomic E-state index is 0.263. The van der Waals surface area contributed by atoms with Gasteiger partial charge in [0.25, 0.3) is 10.0 Å². The van der Waals surface area contributed by atoms with Crippen LogP contribution in [0.4, 0.5) is 0 Å². The Labute approximate surface area is 125 Å². The number of thiophene rings is 1. The molecular weight excluding hydrogens is 294 g/mol. The van der Waals surface area contributed by atoms with Gasteiger partial charge in [-0.05, 0) is 32.0 Å². The number of piperazine rings is 1.